The molecule has 0 radical (unpaired) electrons. The summed E-state index contributed by atoms with van der Waals surface area (Å²) in [6.45, 7) is 0. The Morgan fingerprint density at radius 2 is 2.67 bits per heavy atom. The topological polar surface area (TPSA) is 57.8 Å². The molecule has 0 saturated carbocycles. The number of carbonyl (C=O) groups excluding carboxylic acids is 1. The van der Waals surface area contributed by atoms with Crippen LogP contribution in [0.5, 0.6) is 0 Å². The van der Waals surface area contributed by atoms with Crippen LogP contribution < -0.4 is 5.32 Å². The normalized spacial score (nSPS) is 9.00. The molecule has 0 atom stereocenters. The number of hydrogen-bond donors (Lipinski definition) is 2. The fraction of sp³-hybridized carbons (Fsp3) is 0.200. The van der Waals surface area contributed by atoms with Gasteiger partial charge in [-0.1, -0.05) is 0 Å². The van der Waals surface area contributed by atoms with Crippen molar-refractivity contribution < 1.29 is 4.79 Å². The van der Waals surface area contributed by atoms with Crippen LogP contribution >= 0.6 is 0 Å². The van der Waals surface area contributed by atoms with Crippen molar-refractivity contribution in [3.8, 4) is 0 Å². The van der Waals surface area contributed by atoms with Gasteiger partial charge < -0.3 is 5.32 Å². The zero-order valence-corrected chi connectivity index (χ0v) is 5.01. The second-order valence-electron chi connectivity index (χ2n) is 1.58. The number of H-pyrrole nitrogens is 1. The minimum atomic E-state index is 0.486. The molecule has 0 aliphatic heterocycles. The predicted molar refractivity (Wildman–Crippen MR) is 33.5 cm³/mol. The Bertz CT molecular complexity index is 206. The van der Waals surface area contributed by atoms with Gasteiger partial charge in [-0.3, -0.25) is 9.89 Å². The molecule has 0 unspecified atom stereocenters. The number of aromatic amines is 1. The van der Waals surface area contributed by atoms with E-state index in [2.05, 4.69) is 15.5 Å². The van der Waals surface area contributed by atoms with Crippen molar-refractivity contribution in [1.82, 2.24) is 10.2 Å². The first-order chi connectivity index (χ1) is 4.36. The molecule has 1 aromatic heterocycles. The van der Waals surface area contributed by atoms with Gasteiger partial charge in [0.05, 0.1) is 5.69 Å². The maximum absolute atomic E-state index is 10.0. The van der Waals surface area contributed by atoms with Crippen LogP contribution in [0, 0.1) is 0 Å². The van der Waals surface area contributed by atoms with E-state index in [-0.39, 0.29) is 0 Å². The molecule has 0 saturated heterocycles. The van der Waals surface area contributed by atoms with Crippen LogP contribution in [-0.2, 0) is 0 Å². The molecule has 0 aromatic carbocycles. The maximum Gasteiger partial charge on any atom is 0.167 e. The first-order valence-electron chi connectivity index (χ1n) is 2.55. The summed E-state index contributed by atoms with van der Waals surface area (Å²) < 4.78 is 0. The average Bonchev–Trinajstić information content (AvgIpc) is 2.34. The number of nitrogens with zero attached hydrogens (tertiary/aromatic N) is 1. The largest absolute Gasteiger partial charge is 0.372 e. The summed E-state index contributed by atoms with van der Waals surface area (Å²) in [6.07, 6.45) is 0.716. The number of aromatic nitrogens is 2. The van der Waals surface area contributed by atoms with Gasteiger partial charge >= 0.3 is 0 Å². The van der Waals surface area contributed by atoms with Crippen molar-refractivity contribution in [1.29, 1.82) is 0 Å². The molecule has 2 N–H and O–H groups in total. The van der Waals surface area contributed by atoms with Crippen LogP contribution in [0.2, 0.25) is 0 Å². The summed E-state index contributed by atoms with van der Waals surface area (Å²) in [5, 5.41) is 9.04. The van der Waals surface area contributed by atoms with E-state index < -0.39 is 0 Å². The van der Waals surface area contributed by atoms with Crippen LogP contribution in [0.3, 0.4) is 0 Å². The third-order valence-corrected chi connectivity index (χ3v) is 0.981. The quantitative estimate of drug-likeness (QED) is 0.557. The molecule has 0 aliphatic rings. The summed E-state index contributed by atoms with van der Waals surface area (Å²) in [7, 11) is 1.74. The van der Waals surface area contributed by atoms with E-state index in [0.717, 1.165) is 0 Å². The van der Waals surface area contributed by atoms with E-state index in [4.69, 9.17) is 0 Å². The average molecular weight is 125 g/mol. The summed E-state index contributed by atoms with van der Waals surface area (Å²) in [6, 6.07) is 1.63. The van der Waals surface area contributed by atoms with Crippen LogP contribution in [0.1, 0.15) is 10.5 Å². The molecule has 1 heterocycles. The first-order valence-corrected chi connectivity index (χ1v) is 2.55. The van der Waals surface area contributed by atoms with E-state index in [0.29, 0.717) is 17.8 Å². The molecule has 0 amide bonds. The van der Waals surface area contributed by atoms with Gasteiger partial charge in [0.25, 0.3) is 0 Å². The van der Waals surface area contributed by atoms with Crippen LogP contribution in [-0.4, -0.2) is 23.5 Å². The molecule has 1 aromatic rings. The van der Waals surface area contributed by atoms with Gasteiger partial charge in [0.2, 0.25) is 0 Å². The molecule has 4 heteroatoms. The number of nitrogens with one attached hydrogen (secondary N) is 2. The number of aldehydes is 1. The highest BCUT2D eigenvalue weighted by molar-refractivity contribution is 5.73. The zero-order chi connectivity index (χ0) is 6.69. The van der Waals surface area contributed by atoms with E-state index >= 15 is 0 Å². The summed E-state index contributed by atoms with van der Waals surface area (Å²) in [5.41, 5.74) is 0.486. The highest BCUT2D eigenvalue weighted by Gasteiger charge is 1.93. The van der Waals surface area contributed by atoms with E-state index in [1.165, 1.54) is 0 Å². The predicted octanol–water partition coefficient (Wildman–Crippen LogP) is 0.264. The lowest BCUT2D eigenvalue weighted by Gasteiger charge is -1.84. The van der Waals surface area contributed by atoms with Crippen molar-refractivity contribution in [2.45, 2.75) is 0 Å². The Labute approximate surface area is 52.3 Å². The lowest BCUT2D eigenvalue weighted by atomic mass is 10.5. The molecular formula is C5H7N3O. The van der Waals surface area contributed by atoms with Crippen molar-refractivity contribution in [3.05, 3.63) is 11.8 Å². The second kappa shape index (κ2) is 2.30. The summed E-state index contributed by atoms with van der Waals surface area (Å²) >= 11 is 0. The smallest absolute Gasteiger partial charge is 0.167 e. The minimum absolute atomic E-state index is 0.486. The van der Waals surface area contributed by atoms with Gasteiger partial charge in [0.1, 0.15) is 5.82 Å². The molecule has 9 heavy (non-hydrogen) atoms. The standard InChI is InChI=1S/C5H7N3O/c1-6-5-2-4(3-9)7-8-5/h2-3H,1H3,(H2,6,7,8). The fourth-order valence-corrected chi connectivity index (χ4v) is 0.525. The third-order valence-electron chi connectivity index (χ3n) is 0.981. The zero-order valence-electron chi connectivity index (χ0n) is 5.01. The van der Waals surface area contributed by atoms with Crippen LogP contribution in [0.4, 0.5) is 5.82 Å². The second-order valence-corrected chi connectivity index (χ2v) is 1.58. The van der Waals surface area contributed by atoms with Crippen LogP contribution in [0.15, 0.2) is 6.07 Å². The van der Waals surface area contributed by atoms with Gasteiger partial charge in [-0.15, -0.1) is 0 Å². The molecule has 4 nitrogen and oxygen atoms in total. The fourth-order valence-electron chi connectivity index (χ4n) is 0.525. The maximum atomic E-state index is 10.0. The molecule has 0 spiro atoms. The Morgan fingerprint density at radius 1 is 1.89 bits per heavy atom. The summed E-state index contributed by atoms with van der Waals surface area (Å²) in [4.78, 5) is 10.0. The van der Waals surface area contributed by atoms with E-state index in [1.807, 2.05) is 0 Å². The van der Waals surface area contributed by atoms with Crippen molar-refractivity contribution >= 4 is 12.1 Å². The molecule has 0 fully saturated rings. The number of carbonyl (C=O) groups is 1. The van der Waals surface area contributed by atoms with Gasteiger partial charge in [0.15, 0.2) is 6.29 Å². The molecular weight excluding hydrogens is 118 g/mol. The number of hydrogen-bond acceptors (Lipinski definition) is 3. The monoisotopic (exact) mass is 125 g/mol. The SMILES string of the molecule is CNc1cc(C=O)[nH]n1. The van der Waals surface area contributed by atoms with Crippen molar-refractivity contribution in [3.63, 3.8) is 0 Å². The number of anilines is 1. The van der Waals surface area contributed by atoms with Gasteiger partial charge in [-0.25, -0.2) is 0 Å². The molecule has 48 valence electrons. The lowest BCUT2D eigenvalue weighted by molar-refractivity contribution is 0.111. The van der Waals surface area contributed by atoms with E-state index in [9.17, 15) is 4.79 Å². The third kappa shape index (κ3) is 1.07. The van der Waals surface area contributed by atoms with Gasteiger partial charge in [0, 0.05) is 13.1 Å². The Morgan fingerprint density at radius 3 is 3.00 bits per heavy atom. The highest BCUT2D eigenvalue weighted by atomic mass is 16.1. The van der Waals surface area contributed by atoms with Gasteiger partial charge in [-0.05, 0) is 0 Å². The Balaban J connectivity index is 2.86. The van der Waals surface area contributed by atoms with Gasteiger partial charge in [-0.2, -0.15) is 5.10 Å². The lowest BCUT2D eigenvalue weighted by Crippen LogP contribution is -1.85. The summed E-state index contributed by atoms with van der Waals surface area (Å²) in [5.74, 6) is 0.678. The Hall–Kier alpha value is -1.32. The van der Waals surface area contributed by atoms with Crippen molar-refractivity contribution in [2.75, 3.05) is 12.4 Å². The molecule has 0 bridgehead atoms. The Kier molecular flexibility index (Phi) is 1.48. The van der Waals surface area contributed by atoms with Crippen molar-refractivity contribution in [2.24, 2.45) is 0 Å². The minimum Gasteiger partial charge on any atom is -0.372 e. The highest BCUT2D eigenvalue weighted by Crippen LogP contribution is 1.99. The van der Waals surface area contributed by atoms with Crippen LogP contribution in [0.25, 0.3) is 0 Å². The molecule has 0 aliphatic carbocycles. The number of rotatable bonds is 2. The first kappa shape index (κ1) is 5.81. The molecule has 1 rings (SSSR count). The van der Waals surface area contributed by atoms with E-state index in [1.54, 1.807) is 13.1 Å².